The minimum Gasteiger partial charge on any atom is -0.350 e. The Morgan fingerprint density at radius 1 is 1.04 bits per heavy atom. The lowest BCUT2D eigenvalue weighted by molar-refractivity contribution is -0.123. The maximum atomic E-state index is 13.0. The Morgan fingerprint density at radius 2 is 1.73 bits per heavy atom. The second-order valence-corrected chi connectivity index (χ2v) is 6.52. The van der Waals surface area contributed by atoms with Crippen LogP contribution in [0, 0.1) is 0 Å². The number of hydrogen-bond acceptors (Lipinski definition) is 3. The second kappa shape index (κ2) is 8.45. The Hall–Kier alpha value is -2.92. The summed E-state index contributed by atoms with van der Waals surface area (Å²) < 4.78 is 1.69. The number of benzene rings is 2. The summed E-state index contributed by atoms with van der Waals surface area (Å²) in [4.78, 5) is 15.1. The van der Waals surface area contributed by atoms with Crippen LogP contribution in [0.25, 0.3) is 0 Å². The molecule has 0 aliphatic carbocycles. The quantitative estimate of drug-likeness (QED) is 0.714. The number of nitrogens with zero attached hydrogens (tertiary/aromatic N) is 3. The summed E-state index contributed by atoms with van der Waals surface area (Å²) in [5.41, 5.74) is 3.25. The first-order valence-corrected chi connectivity index (χ1v) is 8.68. The Bertz CT molecular complexity index is 828. The number of aromatic nitrogens is 2. The minimum atomic E-state index is -0.479. The van der Waals surface area contributed by atoms with Crippen LogP contribution >= 0.6 is 0 Å². The highest BCUT2D eigenvalue weighted by molar-refractivity contribution is 5.83. The lowest BCUT2D eigenvalue weighted by atomic mass is 10.0. The molecular weight excluding hydrogens is 324 g/mol. The molecule has 3 aromatic rings. The summed E-state index contributed by atoms with van der Waals surface area (Å²) in [6.07, 6.45) is 3.51. The predicted octanol–water partition coefficient (Wildman–Crippen LogP) is 2.85. The third kappa shape index (κ3) is 4.37. The minimum absolute atomic E-state index is 0.0699. The van der Waals surface area contributed by atoms with Crippen LogP contribution in [0.2, 0.25) is 0 Å². The van der Waals surface area contributed by atoms with Crippen LogP contribution < -0.4 is 5.32 Å². The van der Waals surface area contributed by atoms with Crippen LogP contribution in [0.15, 0.2) is 73.1 Å². The molecule has 0 bridgehead atoms. The van der Waals surface area contributed by atoms with Gasteiger partial charge in [-0.05, 0) is 36.9 Å². The Kier molecular flexibility index (Phi) is 5.81. The number of amides is 1. The van der Waals surface area contributed by atoms with Gasteiger partial charge < -0.3 is 10.2 Å². The number of hydrogen-bond donors (Lipinski definition) is 1. The van der Waals surface area contributed by atoms with Gasteiger partial charge in [0.1, 0.15) is 0 Å². The van der Waals surface area contributed by atoms with Crippen molar-refractivity contribution in [2.24, 2.45) is 0 Å². The fraction of sp³-hybridized carbons (Fsp3) is 0.238. The van der Waals surface area contributed by atoms with Gasteiger partial charge in [0.2, 0.25) is 5.91 Å². The van der Waals surface area contributed by atoms with E-state index in [4.69, 9.17) is 0 Å². The molecule has 0 spiro atoms. The zero-order chi connectivity index (χ0) is 18.4. The molecule has 1 N–H and O–H groups in total. The van der Waals surface area contributed by atoms with Crippen LogP contribution in [-0.2, 0) is 17.9 Å². The summed E-state index contributed by atoms with van der Waals surface area (Å²) in [5.74, 6) is -0.0699. The molecule has 0 saturated heterocycles. The molecule has 1 aromatic heterocycles. The van der Waals surface area contributed by atoms with E-state index in [1.54, 1.807) is 10.9 Å². The third-order valence-corrected chi connectivity index (χ3v) is 4.21. The van der Waals surface area contributed by atoms with Crippen molar-refractivity contribution < 1.29 is 4.79 Å². The van der Waals surface area contributed by atoms with Crippen molar-refractivity contribution in [1.82, 2.24) is 20.0 Å². The Morgan fingerprint density at radius 3 is 2.38 bits per heavy atom. The van der Waals surface area contributed by atoms with E-state index >= 15 is 0 Å². The average molecular weight is 348 g/mol. The van der Waals surface area contributed by atoms with Crippen LogP contribution in [0.1, 0.15) is 22.7 Å². The molecule has 1 amide bonds. The normalized spacial score (nSPS) is 12.1. The van der Waals surface area contributed by atoms with Crippen molar-refractivity contribution in [2.75, 3.05) is 14.1 Å². The largest absolute Gasteiger partial charge is 0.350 e. The maximum absolute atomic E-state index is 13.0. The first-order valence-electron chi connectivity index (χ1n) is 8.68. The van der Waals surface area contributed by atoms with E-state index in [9.17, 15) is 4.79 Å². The van der Waals surface area contributed by atoms with Gasteiger partial charge in [0, 0.05) is 25.5 Å². The summed E-state index contributed by atoms with van der Waals surface area (Å²) in [6.45, 7) is 1.33. The molecule has 0 unspecified atom stereocenters. The van der Waals surface area contributed by atoms with Gasteiger partial charge in [0.25, 0.3) is 0 Å². The van der Waals surface area contributed by atoms with Crippen LogP contribution in [0.3, 0.4) is 0 Å². The topological polar surface area (TPSA) is 50.2 Å². The third-order valence-electron chi connectivity index (χ3n) is 4.21. The van der Waals surface area contributed by atoms with Crippen LogP contribution in [0.4, 0.5) is 0 Å². The van der Waals surface area contributed by atoms with E-state index in [2.05, 4.69) is 27.4 Å². The van der Waals surface area contributed by atoms with Gasteiger partial charge in [0.05, 0.1) is 0 Å². The van der Waals surface area contributed by atoms with E-state index in [1.165, 1.54) is 5.56 Å². The summed E-state index contributed by atoms with van der Waals surface area (Å²) in [6, 6.07) is 19.3. The van der Waals surface area contributed by atoms with Crippen LogP contribution in [-0.4, -0.2) is 34.7 Å². The molecule has 0 aliphatic heterocycles. The number of rotatable bonds is 7. The molecule has 0 saturated carbocycles. The van der Waals surface area contributed by atoms with E-state index < -0.39 is 6.04 Å². The highest BCUT2D eigenvalue weighted by Gasteiger charge is 2.22. The molecule has 3 rings (SSSR count). The molecule has 5 heteroatoms. The molecule has 26 heavy (non-hydrogen) atoms. The highest BCUT2D eigenvalue weighted by Crippen LogP contribution is 2.18. The van der Waals surface area contributed by atoms with Gasteiger partial charge >= 0.3 is 0 Å². The van der Waals surface area contributed by atoms with Crippen molar-refractivity contribution in [1.29, 1.82) is 0 Å². The second-order valence-electron chi connectivity index (χ2n) is 6.52. The summed E-state index contributed by atoms with van der Waals surface area (Å²) in [7, 11) is 4.08. The summed E-state index contributed by atoms with van der Waals surface area (Å²) >= 11 is 0. The van der Waals surface area contributed by atoms with E-state index in [0.29, 0.717) is 6.54 Å². The highest BCUT2D eigenvalue weighted by atomic mass is 16.2. The summed E-state index contributed by atoms with van der Waals surface area (Å²) in [5, 5.41) is 7.36. The Labute approximate surface area is 154 Å². The molecule has 0 radical (unpaired) electrons. The molecule has 5 nitrogen and oxygen atoms in total. The van der Waals surface area contributed by atoms with Gasteiger partial charge in [-0.1, -0.05) is 54.6 Å². The number of carbonyl (C=O) groups excluding carboxylic acids is 1. The SMILES string of the molecule is CN(C)Cc1ccccc1CNC(=O)[C@H](c1ccccc1)n1cccn1. The average Bonchev–Trinajstić information content (AvgIpc) is 3.16. The van der Waals surface area contributed by atoms with Crippen LogP contribution in [0.5, 0.6) is 0 Å². The van der Waals surface area contributed by atoms with Crippen molar-refractivity contribution in [2.45, 2.75) is 19.1 Å². The zero-order valence-corrected chi connectivity index (χ0v) is 15.2. The fourth-order valence-corrected chi connectivity index (χ4v) is 3.00. The number of nitrogens with one attached hydrogen (secondary N) is 1. The van der Waals surface area contributed by atoms with Gasteiger partial charge in [-0.3, -0.25) is 9.48 Å². The van der Waals surface area contributed by atoms with E-state index in [0.717, 1.165) is 17.7 Å². The molecular formula is C21H24N4O. The smallest absolute Gasteiger partial charge is 0.249 e. The predicted molar refractivity (Wildman–Crippen MR) is 102 cm³/mol. The lowest BCUT2D eigenvalue weighted by Gasteiger charge is -2.19. The Balaban J connectivity index is 1.78. The molecule has 134 valence electrons. The maximum Gasteiger partial charge on any atom is 0.249 e. The molecule has 0 aliphatic rings. The first kappa shape index (κ1) is 17.9. The van der Waals surface area contributed by atoms with E-state index in [1.807, 2.05) is 68.8 Å². The van der Waals surface area contributed by atoms with E-state index in [-0.39, 0.29) is 5.91 Å². The monoisotopic (exact) mass is 348 g/mol. The van der Waals surface area contributed by atoms with Gasteiger partial charge in [-0.2, -0.15) is 5.10 Å². The molecule has 1 atom stereocenters. The van der Waals surface area contributed by atoms with Gasteiger partial charge in [-0.15, -0.1) is 0 Å². The number of carbonyl (C=O) groups is 1. The lowest BCUT2D eigenvalue weighted by Crippen LogP contribution is -2.33. The van der Waals surface area contributed by atoms with Crippen molar-refractivity contribution in [3.63, 3.8) is 0 Å². The zero-order valence-electron chi connectivity index (χ0n) is 15.2. The fourth-order valence-electron chi connectivity index (χ4n) is 3.00. The van der Waals surface area contributed by atoms with Gasteiger partial charge in [0.15, 0.2) is 6.04 Å². The first-order chi connectivity index (χ1) is 12.6. The standard InChI is InChI=1S/C21H24N4O/c1-24(2)16-19-12-7-6-11-18(19)15-22-21(26)20(25-14-8-13-23-25)17-9-4-3-5-10-17/h3-14,20H,15-16H2,1-2H3,(H,22,26)/t20-/m0/s1. The van der Waals surface area contributed by atoms with Crippen molar-refractivity contribution in [3.05, 3.63) is 89.7 Å². The molecule has 0 fully saturated rings. The molecule has 1 heterocycles. The van der Waals surface area contributed by atoms with Gasteiger partial charge in [-0.25, -0.2) is 0 Å². The van der Waals surface area contributed by atoms with Crippen molar-refractivity contribution in [3.8, 4) is 0 Å². The molecule has 2 aromatic carbocycles. The van der Waals surface area contributed by atoms with Crippen molar-refractivity contribution >= 4 is 5.91 Å².